The third-order valence-electron chi connectivity index (χ3n) is 3.71. The highest BCUT2D eigenvalue weighted by molar-refractivity contribution is 4.76. The lowest BCUT2D eigenvalue weighted by Gasteiger charge is -2.19. The minimum absolute atomic E-state index is 0.928. The van der Waals surface area contributed by atoms with E-state index in [4.69, 9.17) is 0 Å². The minimum Gasteiger partial charge on any atom is -0.316 e. The summed E-state index contributed by atoms with van der Waals surface area (Å²) >= 11 is 0. The average Bonchev–Trinajstić information content (AvgIpc) is 2.66. The highest BCUT2D eigenvalue weighted by atomic mass is 14.9. The van der Waals surface area contributed by atoms with Gasteiger partial charge >= 0.3 is 0 Å². The van der Waals surface area contributed by atoms with E-state index in [0.717, 1.165) is 17.8 Å². The molecule has 1 heterocycles. The number of rotatable bonds is 5. The first-order valence-corrected chi connectivity index (χ1v) is 5.94. The number of nitrogens with one attached hydrogen (secondary N) is 1. The Bertz CT molecular complexity index is 127. The van der Waals surface area contributed by atoms with Crippen LogP contribution >= 0.6 is 0 Å². The van der Waals surface area contributed by atoms with Crippen LogP contribution in [0.1, 0.15) is 46.5 Å². The van der Waals surface area contributed by atoms with E-state index in [1.807, 2.05) is 0 Å². The molecule has 1 rings (SSSR count). The molecule has 1 heteroatoms. The van der Waals surface area contributed by atoms with Gasteiger partial charge in [0.25, 0.3) is 0 Å². The predicted molar refractivity (Wildman–Crippen MR) is 58.8 cm³/mol. The van der Waals surface area contributed by atoms with Crippen molar-refractivity contribution in [2.24, 2.45) is 17.8 Å². The Morgan fingerprint density at radius 3 is 2.62 bits per heavy atom. The van der Waals surface area contributed by atoms with Gasteiger partial charge in [0.05, 0.1) is 0 Å². The zero-order valence-corrected chi connectivity index (χ0v) is 9.47. The Morgan fingerprint density at radius 1 is 1.31 bits per heavy atom. The average molecular weight is 183 g/mol. The van der Waals surface area contributed by atoms with Gasteiger partial charge in [0.1, 0.15) is 0 Å². The molecule has 3 atom stereocenters. The van der Waals surface area contributed by atoms with Crippen molar-refractivity contribution < 1.29 is 0 Å². The monoisotopic (exact) mass is 183 g/mol. The zero-order chi connectivity index (χ0) is 9.68. The van der Waals surface area contributed by atoms with E-state index in [-0.39, 0.29) is 0 Å². The third kappa shape index (κ3) is 3.68. The van der Waals surface area contributed by atoms with Gasteiger partial charge in [-0.15, -0.1) is 0 Å². The standard InChI is InChI=1S/C12H25N/c1-4-10(2)5-6-11(3)12-7-8-13-9-12/h10-13H,4-9H2,1-3H3. The fraction of sp³-hybridized carbons (Fsp3) is 1.00. The van der Waals surface area contributed by atoms with E-state index in [1.54, 1.807) is 0 Å². The van der Waals surface area contributed by atoms with Crippen LogP contribution in [0.25, 0.3) is 0 Å². The highest BCUT2D eigenvalue weighted by Gasteiger charge is 2.20. The lowest BCUT2D eigenvalue weighted by atomic mass is 9.87. The molecule has 1 aliphatic rings. The van der Waals surface area contributed by atoms with Gasteiger partial charge < -0.3 is 5.32 Å². The maximum absolute atomic E-state index is 3.45. The van der Waals surface area contributed by atoms with Crippen LogP contribution in [0.15, 0.2) is 0 Å². The van der Waals surface area contributed by atoms with Crippen molar-refractivity contribution in [3.05, 3.63) is 0 Å². The summed E-state index contributed by atoms with van der Waals surface area (Å²) in [5.74, 6) is 2.82. The van der Waals surface area contributed by atoms with Crippen molar-refractivity contribution in [2.75, 3.05) is 13.1 Å². The summed E-state index contributed by atoms with van der Waals surface area (Å²) in [4.78, 5) is 0. The van der Waals surface area contributed by atoms with Crippen molar-refractivity contribution >= 4 is 0 Å². The molecule has 0 bridgehead atoms. The van der Waals surface area contributed by atoms with Gasteiger partial charge in [-0.1, -0.05) is 40.0 Å². The summed E-state index contributed by atoms with van der Waals surface area (Å²) in [5, 5.41) is 3.45. The first-order chi connectivity index (χ1) is 6.24. The molecule has 0 spiro atoms. The maximum atomic E-state index is 3.45. The largest absolute Gasteiger partial charge is 0.316 e. The zero-order valence-electron chi connectivity index (χ0n) is 9.47. The molecule has 0 aromatic rings. The SMILES string of the molecule is CCC(C)CCC(C)C1CCNC1. The molecule has 78 valence electrons. The second-order valence-corrected chi connectivity index (χ2v) is 4.82. The fourth-order valence-corrected chi connectivity index (χ4v) is 2.15. The van der Waals surface area contributed by atoms with E-state index >= 15 is 0 Å². The van der Waals surface area contributed by atoms with Gasteiger partial charge in [-0.25, -0.2) is 0 Å². The molecule has 0 saturated carbocycles. The second kappa shape index (κ2) is 5.64. The molecule has 0 aliphatic carbocycles. The van der Waals surface area contributed by atoms with Crippen molar-refractivity contribution in [1.82, 2.24) is 5.32 Å². The summed E-state index contributed by atoms with van der Waals surface area (Å²) in [7, 11) is 0. The quantitative estimate of drug-likeness (QED) is 0.691. The fourth-order valence-electron chi connectivity index (χ4n) is 2.15. The molecule has 1 saturated heterocycles. The van der Waals surface area contributed by atoms with Crippen LogP contribution in [-0.4, -0.2) is 13.1 Å². The van der Waals surface area contributed by atoms with Crippen LogP contribution in [0, 0.1) is 17.8 Å². The van der Waals surface area contributed by atoms with E-state index in [0.29, 0.717) is 0 Å². The Morgan fingerprint density at radius 2 is 2.08 bits per heavy atom. The van der Waals surface area contributed by atoms with E-state index in [2.05, 4.69) is 26.1 Å². The molecule has 0 aromatic carbocycles. The third-order valence-corrected chi connectivity index (χ3v) is 3.71. The van der Waals surface area contributed by atoms with Gasteiger partial charge in [-0.05, 0) is 37.3 Å². The number of hydrogen-bond acceptors (Lipinski definition) is 1. The van der Waals surface area contributed by atoms with Crippen LogP contribution in [0.2, 0.25) is 0 Å². The molecule has 1 aliphatic heterocycles. The molecule has 3 unspecified atom stereocenters. The van der Waals surface area contributed by atoms with Crippen LogP contribution in [0.5, 0.6) is 0 Å². The lowest BCUT2D eigenvalue weighted by Crippen LogP contribution is -2.16. The topological polar surface area (TPSA) is 12.0 Å². The molecule has 1 nitrogen and oxygen atoms in total. The van der Waals surface area contributed by atoms with Crippen molar-refractivity contribution in [2.45, 2.75) is 46.5 Å². The summed E-state index contributed by atoms with van der Waals surface area (Å²) in [5.41, 5.74) is 0. The molecule has 1 fully saturated rings. The Balaban J connectivity index is 2.12. The van der Waals surface area contributed by atoms with E-state index < -0.39 is 0 Å². The highest BCUT2D eigenvalue weighted by Crippen LogP contribution is 2.25. The first kappa shape index (κ1) is 11.0. The summed E-state index contributed by atoms with van der Waals surface area (Å²) < 4.78 is 0. The molecular formula is C12H25N. The van der Waals surface area contributed by atoms with Crippen molar-refractivity contribution in [1.29, 1.82) is 0 Å². The lowest BCUT2D eigenvalue weighted by molar-refractivity contribution is 0.328. The summed E-state index contributed by atoms with van der Waals surface area (Å²) in [6.07, 6.45) is 5.60. The molecule has 0 radical (unpaired) electrons. The van der Waals surface area contributed by atoms with Crippen LogP contribution in [0.4, 0.5) is 0 Å². The minimum atomic E-state index is 0.928. The Hall–Kier alpha value is -0.0400. The molecular weight excluding hydrogens is 158 g/mol. The Labute approximate surface area is 83.3 Å². The van der Waals surface area contributed by atoms with Crippen molar-refractivity contribution in [3.63, 3.8) is 0 Å². The van der Waals surface area contributed by atoms with Gasteiger partial charge in [-0.3, -0.25) is 0 Å². The maximum Gasteiger partial charge on any atom is -0.00175 e. The molecule has 1 N–H and O–H groups in total. The van der Waals surface area contributed by atoms with Crippen LogP contribution in [0.3, 0.4) is 0 Å². The van der Waals surface area contributed by atoms with E-state index in [1.165, 1.54) is 38.8 Å². The predicted octanol–water partition coefficient (Wildman–Crippen LogP) is 3.06. The van der Waals surface area contributed by atoms with Gasteiger partial charge in [0, 0.05) is 0 Å². The van der Waals surface area contributed by atoms with Gasteiger partial charge in [0.15, 0.2) is 0 Å². The molecule has 13 heavy (non-hydrogen) atoms. The summed E-state index contributed by atoms with van der Waals surface area (Å²) in [6.45, 7) is 9.62. The molecule has 0 amide bonds. The van der Waals surface area contributed by atoms with Gasteiger partial charge in [0.2, 0.25) is 0 Å². The summed E-state index contributed by atoms with van der Waals surface area (Å²) in [6, 6.07) is 0. The van der Waals surface area contributed by atoms with Crippen LogP contribution < -0.4 is 5.32 Å². The first-order valence-electron chi connectivity index (χ1n) is 5.94. The molecule has 0 aromatic heterocycles. The van der Waals surface area contributed by atoms with Gasteiger partial charge in [-0.2, -0.15) is 0 Å². The van der Waals surface area contributed by atoms with Crippen molar-refractivity contribution in [3.8, 4) is 0 Å². The normalized spacial score (nSPS) is 27.5. The second-order valence-electron chi connectivity index (χ2n) is 4.82. The van der Waals surface area contributed by atoms with Crippen LogP contribution in [-0.2, 0) is 0 Å². The Kier molecular flexibility index (Phi) is 4.79. The van der Waals surface area contributed by atoms with E-state index in [9.17, 15) is 0 Å². The smallest absolute Gasteiger partial charge is 0.00175 e. The number of hydrogen-bond donors (Lipinski definition) is 1.